The summed E-state index contributed by atoms with van der Waals surface area (Å²) in [5.74, 6) is 0. The Labute approximate surface area is 75.6 Å². The summed E-state index contributed by atoms with van der Waals surface area (Å²) in [7, 11) is -1.41. The van der Waals surface area contributed by atoms with E-state index in [0.29, 0.717) is 0 Å². The molecule has 0 heterocycles. The van der Waals surface area contributed by atoms with Crippen molar-refractivity contribution in [3.05, 3.63) is 0 Å². The molecule has 70 valence electrons. The monoisotopic (exact) mass is 189 g/mol. The molecule has 1 aliphatic rings. The average Bonchev–Trinajstić information content (AvgIpc) is 2.06. The van der Waals surface area contributed by atoms with Crippen LogP contribution in [0.2, 0.25) is 0 Å². The Bertz CT molecular complexity index is 151. The van der Waals surface area contributed by atoms with Crippen LogP contribution in [0, 0.1) is 0 Å². The van der Waals surface area contributed by atoms with Gasteiger partial charge in [-0.3, -0.25) is 0 Å². The van der Waals surface area contributed by atoms with E-state index in [9.17, 15) is 4.57 Å². The van der Waals surface area contributed by atoms with Crippen LogP contribution in [0.1, 0.15) is 46.0 Å². The highest BCUT2D eigenvalue weighted by molar-refractivity contribution is 7.39. The lowest BCUT2D eigenvalue weighted by atomic mass is 9.98. The summed E-state index contributed by atoms with van der Waals surface area (Å²) < 4.78 is 16.8. The topological polar surface area (TPSA) is 26.3 Å². The second-order valence-electron chi connectivity index (χ2n) is 3.74. The minimum absolute atomic E-state index is 0.168. The quantitative estimate of drug-likeness (QED) is 0.635. The van der Waals surface area contributed by atoms with E-state index >= 15 is 0 Å². The van der Waals surface area contributed by atoms with Gasteiger partial charge in [0.05, 0.1) is 0 Å². The molecular formula is C9H18O2P+. The third-order valence-electron chi connectivity index (χ3n) is 2.23. The Balaban J connectivity index is 2.24. The summed E-state index contributed by atoms with van der Waals surface area (Å²) >= 11 is 0. The Kier molecular flexibility index (Phi) is 4.17. The SMILES string of the molecule is CC(C)[P+](=O)OC1CCCCC1. The van der Waals surface area contributed by atoms with Crippen LogP contribution >= 0.6 is 8.03 Å². The van der Waals surface area contributed by atoms with E-state index in [0.717, 1.165) is 12.8 Å². The highest BCUT2D eigenvalue weighted by Crippen LogP contribution is 2.34. The third kappa shape index (κ3) is 3.20. The molecule has 1 unspecified atom stereocenters. The van der Waals surface area contributed by atoms with Crippen molar-refractivity contribution in [1.29, 1.82) is 0 Å². The third-order valence-corrected chi connectivity index (χ3v) is 3.58. The van der Waals surface area contributed by atoms with E-state index < -0.39 is 8.03 Å². The normalized spacial score (nSPS) is 21.4. The van der Waals surface area contributed by atoms with Gasteiger partial charge < -0.3 is 0 Å². The first-order valence-electron chi connectivity index (χ1n) is 4.83. The zero-order valence-corrected chi connectivity index (χ0v) is 8.85. The molecule has 0 radical (unpaired) electrons. The lowest BCUT2D eigenvalue weighted by molar-refractivity contribution is 0.164. The summed E-state index contributed by atoms with van der Waals surface area (Å²) in [4.78, 5) is 0. The van der Waals surface area contributed by atoms with Gasteiger partial charge in [0.1, 0.15) is 6.10 Å². The van der Waals surface area contributed by atoms with Gasteiger partial charge in [0, 0.05) is 0 Å². The predicted octanol–water partition coefficient (Wildman–Crippen LogP) is 3.49. The van der Waals surface area contributed by atoms with Gasteiger partial charge in [-0.1, -0.05) is 19.3 Å². The Morgan fingerprint density at radius 2 is 1.83 bits per heavy atom. The minimum Gasteiger partial charge on any atom is -0.143 e. The van der Waals surface area contributed by atoms with Crippen molar-refractivity contribution in [3.8, 4) is 0 Å². The summed E-state index contributed by atoms with van der Waals surface area (Å²) in [6, 6.07) is 0. The van der Waals surface area contributed by atoms with Crippen LogP contribution in [-0.2, 0) is 9.09 Å². The zero-order chi connectivity index (χ0) is 8.97. The molecule has 0 bridgehead atoms. The van der Waals surface area contributed by atoms with E-state index in [1.807, 2.05) is 13.8 Å². The van der Waals surface area contributed by atoms with E-state index in [4.69, 9.17) is 4.52 Å². The lowest BCUT2D eigenvalue weighted by Gasteiger charge is -2.16. The molecule has 1 aliphatic carbocycles. The standard InChI is InChI=1S/C9H18O2P/c1-8(2)12(10)11-9-6-4-3-5-7-9/h8-9H,3-7H2,1-2H3/q+1. The maximum absolute atomic E-state index is 11.3. The Hall–Kier alpha value is 0.0600. The van der Waals surface area contributed by atoms with Gasteiger partial charge in [0.25, 0.3) is 0 Å². The van der Waals surface area contributed by atoms with Crippen LogP contribution in [0.25, 0.3) is 0 Å². The molecule has 1 rings (SSSR count). The van der Waals surface area contributed by atoms with E-state index in [1.54, 1.807) is 0 Å². The molecule has 0 saturated heterocycles. The van der Waals surface area contributed by atoms with Gasteiger partial charge in [-0.2, -0.15) is 0 Å². The van der Waals surface area contributed by atoms with E-state index in [2.05, 4.69) is 0 Å². The molecule has 0 spiro atoms. The van der Waals surface area contributed by atoms with Crippen LogP contribution < -0.4 is 0 Å². The molecule has 1 saturated carbocycles. The molecule has 1 atom stereocenters. The molecule has 1 fully saturated rings. The van der Waals surface area contributed by atoms with Crippen molar-refractivity contribution >= 4 is 8.03 Å². The van der Waals surface area contributed by atoms with E-state index in [-0.39, 0.29) is 11.8 Å². The maximum atomic E-state index is 11.3. The second-order valence-corrected chi connectivity index (χ2v) is 5.56. The minimum atomic E-state index is -1.41. The maximum Gasteiger partial charge on any atom is 0.510 e. The van der Waals surface area contributed by atoms with Crippen molar-refractivity contribution in [2.45, 2.75) is 57.7 Å². The van der Waals surface area contributed by atoms with Crippen LogP contribution in [0.15, 0.2) is 0 Å². The first kappa shape index (κ1) is 10.1. The molecule has 0 amide bonds. The van der Waals surface area contributed by atoms with E-state index in [1.165, 1.54) is 19.3 Å². The predicted molar refractivity (Wildman–Crippen MR) is 50.7 cm³/mol. The van der Waals surface area contributed by atoms with Crippen LogP contribution in [0.4, 0.5) is 0 Å². The molecule has 0 aliphatic heterocycles. The number of rotatable bonds is 3. The fraction of sp³-hybridized carbons (Fsp3) is 1.00. The second kappa shape index (κ2) is 4.94. The van der Waals surface area contributed by atoms with Crippen molar-refractivity contribution in [3.63, 3.8) is 0 Å². The van der Waals surface area contributed by atoms with Gasteiger partial charge in [0.15, 0.2) is 5.66 Å². The molecular weight excluding hydrogens is 171 g/mol. The molecule has 0 aromatic rings. The van der Waals surface area contributed by atoms with Gasteiger partial charge in [-0.05, 0) is 31.3 Å². The van der Waals surface area contributed by atoms with Gasteiger partial charge in [-0.15, -0.1) is 4.52 Å². The van der Waals surface area contributed by atoms with Crippen LogP contribution in [-0.4, -0.2) is 11.8 Å². The van der Waals surface area contributed by atoms with Gasteiger partial charge >= 0.3 is 8.03 Å². The lowest BCUT2D eigenvalue weighted by Crippen LogP contribution is -2.14. The van der Waals surface area contributed by atoms with Crippen molar-refractivity contribution in [2.24, 2.45) is 0 Å². The van der Waals surface area contributed by atoms with Crippen LogP contribution in [0.3, 0.4) is 0 Å². The van der Waals surface area contributed by atoms with Crippen molar-refractivity contribution in [1.82, 2.24) is 0 Å². The smallest absolute Gasteiger partial charge is 0.143 e. The first-order valence-corrected chi connectivity index (χ1v) is 6.08. The highest BCUT2D eigenvalue weighted by Gasteiger charge is 2.29. The molecule has 0 aromatic heterocycles. The largest absolute Gasteiger partial charge is 0.510 e. The van der Waals surface area contributed by atoms with Crippen molar-refractivity contribution in [2.75, 3.05) is 0 Å². The fourth-order valence-corrected chi connectivity index (χ4v) is 2.19. The number of hydrogen-bond acceptors (Lipinski definition) is 2. The molecule has 3 heteroatoms. The molecule has 0 aromatic carbocycles. The average molecular weight is 189 g/mol. The summed E-state index contributed by atoms with van der Waals surface area (Å²) in [6.07, 6.45) is 6.29. The Morgan fingerprint density at radius 1 is 1.25 bits per heavy atom. The highest BCUT2D eigenvalue weighted by atomic mass is 31.1. The zero-order valence-electron chi connectivity index (χ0n) is 7.95. The number of hydrogen-bond donors (Lipinski definition) is 0. The molecule has 2 nitrogen and oxygen atoms in total. The summed E-state index contributed by atoms with van der Waals surface area (Å²) in [5.41, 5.74) is 0.168. The van der Waals surface area contributed by atoms with Crippen LogP contribution in [0.5, 0.6) is 0 Å². The van der Waals surface area contributed by atoms with Gasteiger partial charge in [0.2, 0.25) is 0 Å². The summed E-state index contributed by atoms with van der Waals surface area (Å²) in [6.45, 7) is 3.89. The summed E-state index contributed by atoms with van der Waals surface area (Å²) in [5, 5.41) is 0. The fourth-order valence-electron chi connectivity index (χ4n) is 1.44. The first-order chi connectivity index (χ1) is 5.70. The molecule has 12 heavy (non-hydrogen) atoms. The van der Waals surface area contributed by atoms with Crippen molar-refractivity contribution < 1.29 is 9.09 Å². The Morgan fingerprint density at radius 3 is 2.33 bits per heavy atom. The molecule has 0 N–H and O–H groups in total. The van der Waals surface area contributed by atoms with Gasteiger partial charge in [-0.25, -0.2) is 0 Å².